The van der Waals surface area contributed by atoms with Crippen LogP contribution < -0.4 is 5.56 Å². The van der Waals surface area contributed by atoms with Crippen LogP contribution in [0.25, 0.3) is 16.9 Å². The lowest BCUT2D eigenvalue weighted by Crippen LogP contribution is -2.13. The standard InChI is InChI=1S/C14H12N4O/c19-13-7-12(16-14(17-13)9-5-6-9)18-8-15-10-3-1-2-4-11(10)18/h1-4,7-9H,5-6H2,(H,16,17,19). The summed E-state index contributed by atoms with van der Waals surface area (Å²) >= 11 is 0. The van der Waals surface area contributed by atoms with Crippen molar-refractivity contribution in [1.82, 2.24) is 19.5 Å². The van der Waals surface area contributed by atoms with Gasteiger partial charge in [-0.25, -0.2) is 9.97 Å². The smallest absolute Gasteiger partial charge is 0.253 e. The van der Waals surface area contributed by atoms with Crippen LogP contribution in [-0.2, 0) is 0 Å². The van der Waals surface area contributed by atoms with Crippen LogP contribution in [0, 0.1) is 0 Å². The van der Waals surface area contributed by atoms with Crippen LogP contribution in [0.3, 0.4) is 0 Å². The number of benzene rings is 1. The number of fused-ring (bicyclic) bond motifs is 1. The van der Waals surface area contributed by atoms with Crippen LogP contribution >= 0.6 is 0 Å². The van der Waals surface area contributed by atoms with E-state index in [-0.39, 0.29) is 5.56 Å². The Morgan fingerprint density at radius 1 is 1.26 bits per heavy atom. The Balaban J connectivity index is 1.94. The van der Waals surface area contributed by atoms with Gasteiger partial charge in [0.2, 0.25) is 0 Å². The predicted octanol–water partition coefficient (Wildman–Crippen LogP) is 1.99. The number of para-hydroxylation sites is 2. The lowest BCUT2D eigenvalue weighted by atomic mass is 10.3. The first-order valence-electron chi connectivity index (χ1n) is 6.35. The third-order valence-electron chi connectivity index (χ3n) is 3.41. The van der Waals surface area contributed by atoms with E-state index in [4.69, 9.17) is 0 Å². The zero-order valence-corrected chi connectivity index (χ0v) is 10.2. The number of nitrogens with zero attached hydrogens (tertiary/aromatic N) is 3. The second kappa shape index (κ2) is 3.78. The summed E-state index contributed by atoms with van der Waals surface area (Å²) in [6, 6.07) is 9.33. The molecule has 3 aromatic rings. The average molecular weight is 252 g/mol. The van der Waals surface area contributed by atoms with Gasteiger partial charge in [0.25, 0.3) is 5.56 Å². The molecule has 0 unspecified atom stereocenters. The van der Waals surface area contributed by atoms with Crippen molar-refractivity contribution >= 4 is 11.0 Å². The molecule has 0 saturated heterocycles. The quantitative estimate of drug-likeness (QED) is 0.758. The molecule has 1 aromatic carbocycles. The number of hydrogen-bond acceptors (Lipinski definition) is 3. The number of rotatable bonds is 2. The van der Waals surface area contributed by atoms with Gasteiger partial charge in [-0.15, -0.1) is 0 Å². The fourth-order valence-electron chi connectivity index (χ4n) is 2.28. The molecule has 19 heavy (non-hydrogen) atoms. The number of hydrogen-bond donors (Lipinski definition) is 1. The van der Waals surface area contributed by atoms with E-state index in [1.165, 1.54) is 6.07 Å². The first kappa shape index (κ1) is 10.5. The van der Waals surface area contributed by atoms with Gasteiger partial charge in [-0.1, -0.05) is 12.1 Å². The van der Waals surface area contributed by atoms with Crippen molar-refractivity contribution in [3.63, 3.8) is 0 Å². The number of imidazole rings is 1. The van der Waals surface area contributed by atoms with Gasteiger partial charge in [-0.3, -0.25) is 9.36 Å². The van der Waals surface area contributed by atoms with E-state index in [1.807, 2.05) is 28.8 Å². The van der Waals surface area contributed by atoms with Gasteiger partial charge >= 0.3 is 0 Å². The SMILES string of the molecule is O=c1cc(-n2cnc3ccccc32)nc(C2CC2)[nH]1. The Morgan fingerprint density at radius 3 is 2.95 bits per heavy atom. The minimum atomic E-state index is -0.107. The minimum absolute atomic E-state index is 0.107. The Bertz CT molecular complexity index is 813. The molecule has 2 aromatic heterocycles. The zero-order valence-electron chi connectivity index (χ0n) is 10.2. The van der Waals surface area contributed by atoms with E-state index < -0.39 is 0 Å². The van der Waals surface area contributed by atoms with Crippen LogP contribution in [0.1, 0.15) is 24.6 Å². The molecule has 0 spiro atoms. The first-order valence-corrected chi connectivity index (χ1v) is 6.35. The third-order valence-corrected chi connectivity index (χ3v) is 3.41. The lowest BCUT2D eigenvalue weighted by molar-refractivity contribution is 0.871. The highest BCUT2D eigenvalue weighted by molar-refractivity contribution is 5.76. The third kappa shape index (κ3) is 1.74. The van der Waals surface area contributed by atoms with E-state index >= 15 is 0 Å². The van der Waals surface area contributed by atoms with Crippen LogP contribution in [-0.4, -0.2) is 19.5 Å². The molecule has 1 aliphatic rings. The van der Waals surface area contributed by atoms with Crippen molar-refractivity contribution < 1.29 is 0 Å². The molecule has 1 saturated carbocycles. The average Bonchev–Trinajstić information content (AvgIpc) is 3.18. The topological polar surface area (TPSA) is 63.6 Å². The summed E-state index contributed by atoms with van der Waals surface area (Å²) in [6.07, 6.45) is 3.93. The van der Waals surface area contributed by atoms with Crippen molar-refractivity contribution in [2.75, 3.05) is 0 Å². The van der Waals surface area contributed by atoms with E-state index in [9.17, 15) is 4.79 Å². The van der Waals surface area contributed by atoms with E-state index in [0.717, 1.165) is 29.7 Å². The summed E-state index contributed by atoms with van der Waals surface area (Å²) in [7, 11) is 0. The van der Waals surface area contributed by atoms with Crippen molar-refractivity contribution in [2.45, 2.75) is 18.8 Å². The summed E-state index contributed by atoms with van der Waals surface area (Å²) < 4.78 is 1.86. The zero-order chi connectivity index (χ0) is 12.8. The summed E-state index contributed by atoms with van der Waals surface area (Å²) in [6.45, 7) is 0. The molecule has 5 nitrogen and oxygen atoms in total. The van der Waals surface area contributed by atoms with E-state index in [0.29, 0.717) is 11.7 Å². The maximum Gasteiger partial charge on any atom is 0.253 e. The summed E-state index contributed by atoms with van der Waals surface area (Å²) in [5, 5.41) is 0. The van der Waals surface area contributed by atoms with E-state index in [2.05, 4.69) is 15.0 Å². The summed E-state index contributed by atoms with van der Waals surface area (Å²) in [4.78, 5) is 23.4. The van der Waals surface area contributed by atoms with Gasteiger partial charge < -0.3 is 4.98 Å². The number of nitrogens with one attached hydrogen (secondary N) is 1. The van der Waals surface area contributed by atoms with Gasteiger partial charge in [0.05, 0.1) is 11.0 Å². The van der Waals surface area contributed by atoms with Crippen molar-refractivity contribution in [1.29, 1.82) is 0 Å². The highest BCUT2D eigenvalue weighted by Crippen LogP contribution is 2.37. The molecule has 0 bridgehead atoms. The molecule has 1 aliphatic carbocycles. The van der Waals surface area contributed by atoms with Crippen LogP contribution in [0.15, 0.2) is 41.5 Å². The highest BCUT2D eigenvalue weighted by Gasteiger charge is 2.26. The molecule has 2 heterocycles. The highest BCUT2D eigenvalue weighted by atomic mass is 16.1. The summed E-state index contributed by atoms with van der Waals surface area (Å²) in [5.74, 6) is 1.85. The maximum absolute atomic E-state index is 11.7. The Morgan fingerprint density at radius 2 is 2.11 bits per heavy atom. The van der Waals surface area contributed by atoms with Crippen LogP contribution in [0.4, 0.5) is 0 Å². The lowest BCUT2D eigenvalue weighted by Gasteiger charge is -2.05. The van der Waals surface area contributed by atoms with Crippen molar-refractivity contribution in [3.05, 3.63) is 52.8 Å². The second-order valence-corrected chi connectivity index (χ2v) is 4.87. The predicted molar refractivity (Wildman–Crippen MR) is 71.5 cm³/mol. The Kier molecular flexibility index (Phi) is 2.09. The van der Waals surface area contributed by atoms with E-state index in [1.54, 1.807) is 6.33 Å². The monoisotopic (exact) mass is 252 g/mol. The maximum atomic E-state index is 11.7. The fourth-order valence-corrected chi connectivity index (χ4v) is 2.28. The molecule has 0 amide bonds. The number of aromatic nitrogens is 4. The molecule has 1 N–H and O–H groups in total. The molecule has 0 aliphatic heterocycles. The largest absolute Gasteiger partial charge is 0.310 e. The van der Waals surface area contributed by atoms with Crippen LogP contribution in [0.2, 0.25) is 0 Å². The van der Waals surface area contributed by atoms with Crippen LogP contribution in [0.5, 0.6) is 0 Å². The Hall–Kier alpha value is -2.43. The molecular formula is C14H12N4O. The van der Waals surface area contributed by atoms with Gasteiger partial charge in [-0.05, 0) is 25.0 Å². The van der Waals surface area contributed by atoms with Gasteiger partial charge in [0.1, 0.15) is 18.0 Å². The van der Waals surface area contributed by atoms with Gasteiger partial charge in [0, 0.05) is 12.0 Å². The fraction of sp³-hybridized carbons (Fsp3) is 0.214. The van der Waals surface area contributed by atoms with Crippen molar-refractivity contribution in [2.24, 2.45) is 0 Å². The Labute approximate surface area is 108 Å². The second-order valence-electron chi connectivity index (χ2n) is 4.87. The number of aromatic amines is 1. The molecule has 94 valence electrons. The molecule has 5 heteroatoms. The molecular weight excluding hydrogens is 240 g/mol. The molecule has 4 rings (SSSR count). The van der Waals surface area contributed by atoms with Crippen molar-refractivity contribution in [3.8, 4) is 5.82 Å². The summed E-state index contributed by atoms with van der Waals surface area (Å²) in [5.41, 5.74) is 1.75. The van der Waals surface area contributed by atoms with Gasteiger partial charge in [0.15, 0.2) is 0 Å². The minimum Gasteiger partial charge on any atom is -0.310 e. The number of H-pyrrole nitrogens is 1. The first-order chi connectivity index (χ1) is 9.31. The molecule has 1 fully saturated rings. The molecule has 0 atom stereocenters. The molecule has 0 radical (unpaired) electrons. The normalized spacial score (nSPS) is 14.9. The van der Waals surface area contributed by atoms with Gasteiger partial charge in [-0.2, -0.15) is 0 Å².